The summed E-state index contributed by atoms with van der Waals surface area (Å²) in [4.78, 5) is 28.6. The van der Waals surface area contributed by atoms with E-state index in [1.165, 1.54) is 0 Å². The van der Waals surface area contributed by atoms with Gasteiger partial charge in [-0.15, -0.1) is 0 Å². The normalized spacial score (nSPS) is 18.6. The van der Waals surface area contributed by atoms with Crippen molar-refractivity contribution in [3.05, 3.63) is 77.9 Å². The molecule has 0 spiro atoms. The molecule has 0 saturated carbocycles. The van der Waals surface area contributed by atoms with Gasteiger partial charge < -0.3 is 29.2 Å². The zero-order valence-corrected chi connectivity index (χ0v) is 20.2. The number of anilines is 1. The van der Waals surface area contributed by atoms with Crippen molar-refractivity contribution in [2.75, 3.05) is 25.9 Å². The van der Waals surface area contributed by atoms with E-state index in [2.05, 4.69) is 5.32 Å². The summed E-state index contributed by atoms with van der Waals surface area (Å²) in [6, 6.07) is 19.9. The Kier molecular flexibility index (Phi) is 6.66. The van der Waals surface area contributed by atoms with Crippen LogP contribution in [-0.2, 0) is 16.1 Å². The molecule has 3 aromatic carbocycles. The molecule has 2 heterocycles. The van der Waals surface area contributed by atoms with Crippen molar-refractivity contribution in [3.8, 4) is 23.0 Å². The minimum Gasteiger partial charge on any atom is -0.497 e. The van der Waals surface area contributed by atoms with Gasteiger partial charge in [-0.3, -0.25) is 9.59 Å². The summed E-state index contributed by atoms with van der Waals surface area (Å²) < 4.78 is 21.8. The van der Waals surface area contributed by atoms with Crippen LogP contribution in [-0.4, -0.2) is 32.8 Å². The molecule has 3 aromatic rings. The standard InChI is InChI=1S/C28H28N2O6/c1-33-20-10-8-19(9-11-20)30-26(31)14-12-22(27(30)21-5-3-4-6-23(21)34-2)28(32)29-16-18-7-13-24-25(15-18)36-17-35-24/h3-11,13,15,22,27H,12,14,16-17H2,1-2H3,(H,29,32)/t22-,27-/m0/s1. The number of hydrogen-bond donors (Lipinski definition) is 1. The Morgan fingerprint density at radius 1 is 1.00 bits per heavy atom. The number of para-hydroxylation sites is 1. The summed E-state index contributed by atoms with van der Waals surface area (Å²) in [7, 11) is 3.19. The largest absolute Gasteiger partial charge is 0.497 e. The Morgan fingerprint density at radius 3 is 2.56 bits per heavy atom. The van der Waals surface area contributed by atoms with Crippen molar-refractivity contribution in [1.82, 2.24) is 5.32 Å². The minimum atomic E-state index is -0.535. The number of benzene rings is 3. The highest BCUT2D eigenvalue weighted by atomic mass is 16.7. The van der Waals surface area contributed by atoms with E-state index in [9.17, 15) is 9.59 Å². The first-order chi connectivity index (χ1) is 17.6. The Labute approximate surface area is 209 Å². The molecule has 2 aliphatic rings. The van der Waals surface area contributed by atoms with Crippen LogP contribution in [0.5, 0.6) is 23.0 Å². The minimum absolute atomic E-state index is 0.0455. The molecule has 1 fully saturated rings. The topological polar surface area (TPSA) is 86.3 Å². The summed E-state index contributed by atoms with van der Waals surface area (Å²) in [6.07, 6.45) is 0.695. The number of carbonyl (C=O) groups is 2. The van der Waals surface area contributed by atoms with Crippen molar-refractivity contribution in [1.29, 1.82) is 0 Å². The lowest BCUT2D eigenvalue weighted by Crippen LogP contribution is -2.48. The molecular formula is C28H28N2O6. The molecule has 8 nitrogen and oxygen atoms in total. The molecule has 0 radical (unpaired) electrons. The van der Waals surface area contributed by atoms with Crippen molar-refractivity contribution >= 4 is 17.5 Å². The van der Waals surface area contributed by atoms with E-state index in [-0.39, 0.29) is 25.0 Å². The van der Waals surface area contributed by atoms with Gasteiger partial charge in [-0.25, -0.2) is 0 Å². The number of methoxy groups -OCH3 is 2. The fourth-order valence-corrected chi connectivity index (χ4v) is 4.85. The van der Waals surface area contributed by atoms with Gasteiger partial charge in [0.25, 0.3) is 0 Å². The third kappa shape index (κ3) is 4.54. The van der Waals surface area contributed by atoms with E-state index in [4.69, 9.17) is 18.9 Å². The molecule has 8 heteroatoms. The van der Waals surface area contributed by atoms with E-state index < -0.39 is 12.0 Å². The highest BCUT2D eigenvalue weighted by Crippen LogP contribution is 2.43. The predicted octanol–water partition coefficient (Wildman–Crippen LogP) is 4.23. The second-order valence-corrected chi connectivity index (χ2v) is 8.70. The fraction of sp³-hybridized carbons (Fsp3) is 0.286. The molecule has 186 valence electrons. The van der Waals surface area contributed by atoms with Gasteiger partial charge in [0.1, 0.15) is 11.5 Å². The summed E-state index contributed by atoms with van der Waals surface area (Å²) in [5.74, 6) is 2.03. The van der Waals surface area contributed by atoms with Crippen molar-refractivity contribution in [2.24, 2.45) is 5.92 Å². The summed E-state index contributed by atoms with van der Waals surface area (Å²) >= 11 is 0. The van der Waals surface area contributed by atoms with Crippen LogP contribution in [0.15, 0.2) is 66.7 Å². The van der Waals surface area contributed by atoms with Gasteiger partial charge in [0.05, 0.1) is 26.2 Å². The number of rotatable bonds is 7. The van der Waals surface area contributed by atoms with Gasteiger partial charge in [-0.05, 0) is 54.4 Å². The average molecular weight is 489 g/mol. The maximum Gasteiger partial charge on any atom is 0.231 e. The number of hydrogen-bond acceptors (Lipinski definition) is 6. The van der Waals surface area contributed by atoms with Crippen LogP contribution in [0, 0.1) is 5.92 Å². The maximum atomic E-state index is 13.6. The lowest BCUT2D eigenvalue weighted by atomic mass is 9.82. The molecule has 2 atom stereocenters. The van der Waals surface area contributed by atoms with Crippen LogP contribution in [0.25, 0.3) is 0 Å². The molecule has 5 rings (SSSR count). The molecule has 1 N–H and O–H groups in total. The predicted molar refractivity (Wildman–Crippen MR) is 133 cm³/mol. The van der Waals surface area contributed by atoms with Crippen LogP contribution < -0.4 is 29.2 Å². The van der Waals surface area contributed by atoms with Crippen LogP contribution in [0.1, 0.15) is 30.0 Å². The third-order valence-electron chi connectivity index (χ3n) is 6.65. The number of fused-ring (bicyclic) bond motifs is 1. The molecule has 1 saturated heterocycles. The molecule has 0 bridgehead atoms. The second-order valence-electron chi connectivity index (χ2n) is 8.70. The second kappa shape index (κ2) is 10.2. The summed E-state index contributed by atoms with van der Waals surface area (Å²) in [6.45, 7) is 0.532. The van der Waals surface area contributed by atoms with Crippen molar-refractivity contribution in [3.63, 3.8) is 0 Å². The van der Waals surface area contributed by atoms with Crippen LogP contribution in [0.4, 0.5) is 5.69 Å². The lowest BCUT2D eigenvalue weighted by molar-refractivity contribution is -0.129. The first kappa shape index (κ1) is 23.5. The number of carbonyl (C=O) groups excluding carboxylic acids is 2. The van der Waals surface area contributed by atoms with Gasteiger partial charge in [0, 0.05) is 24.2 Å². The van der Waals surface area contributed by atoms with Crippen LogP contribution >= 0.6 is 0 Å². The number of amides is 2. The molecule has 0 aromatic heterocycles. The summed E-state index contributed by atoms with van der Waals surface area (Å²) in [5.41, 5.74) is 2.39. The van der Waals surface area contributed by atoms with E-state index in [0.717, 1.165) is 11.1 Å². The quantitative estimate of drug-likeness (QED) is 0.536. The smallest absolute Gasteiger partial charge is 0.231 e. The van der Waals surface area contributed by atoms with Gasteiger partial charge in [0.15, 0.2) is 11.5 Å². The SMILES string of the molecule is COc1ccc(N2C(=O)CC[C@H](C(=O)NCc3ccc4c(c3)OCO4)[C@@H]2c2ccccc2OC)cc1. The first-order valence-electron chi connectivity index (χ1n) is 11.8. The van der Waals surface area contributed by atoms with Crippen LogP contribution in [0.3, 0.4) is 0 Å². The number of nitrogens with zero attached hydrogens (tertiary/aromatic N) is 1. The number of piperidine rings is 1. The highest BCUT2D eigenvalue weighted by Gasteiger charge is 2.42. The molecule has 0 unspecified atom stereocenters. The Morgan fingerprint density at radius 2 is 1.78 bits per heavy atom. The molecule has 36 heavy (non-hydrogen) atoms. The number of nitrogens with one attached hydrogen (secondary N) is 1. The zero-order valence-electron chi connectivity index (χ0n) is 20.2. The maximum absolute atomic E-state index is 13.6. The van der Waals surface area contributed by atoms with E-state index in [0.29, 0.717) is 41.7 Å². The van der Waals surface area contributed by atoms with Gasteiger partial charge in [0.2, 0.25) is 18.6 Å². The van der Waals surface area contributed by atoms with E-state index >= 15 is 0 Å². The third-order valence-corrected chi connectivity index (χ3v) is 6.65. The molecule has 2 aliphatic heterocycles. The zero-order chi connectivity index (χ0) is 25.1. The number of ether oxygens (including phenoxy) is 4. The van der Waals surface area contributed by atoms with Crippen molar-refractivity contribution in [2.45, 2.75) is 25.4 Å². The van der Waals surface area contributed by atoms with Crippen LogP contribution in [0.2, 0.25) is 0 Å². The van der Waals surface area contributed by atoms with Gasteiger partial charge >= 0.3 is 0 Å². The fourth-order valence-electron chi connectivity index (χ4n) is 4.85. The van der Waals surface area contributed by atoms with Crippen molar-refractivity contribution < 1.29 is 28.5 Å². The lowest BCUT2D eigenvalue weighted by Gasteiger charge is -2.41. The molecular weight excluding hydrogens is 460 g/mol. The van der Waals surface area contributed by atoms with E-state index in [1.807, 2.05) is 66.7 Å². The monoisotopic (exact) mass is 488 g/mol. The molecule has 0 aliphatic carbocycles. The van der Waals surface area contributed by atoms with Gasteiger partial charge in [-0.2, -0.15) is 0 Å². The average Bonchev–Trinajstić information content (AvgIpc) is 3.39. The Balaban J connectivity index is 1.46. The first-order valence-corrected chi connectivity index (χ1v) is 11.8. The Bertz CT molecular complexity index is 1260. The summed E-state index contributed by atoms with van der Waals surface area (Å²) in [5, 5.41) is 3.07. The Hall–Kier alpha value is -4.20. The molecule has 2 amide bonds. The van der Waals surface area contributed by atoms with E-state index in [1.54, 1.807) is 19.1 Å². The van der Waals surface area contributed by atoms with Gasteiger partial charge in [-0.1, -0.05) is 24.3 Å². The highest BCUT2D eigenvalue weighted by molar-refractivity contribution is 5.97.